The summed E-state index contributed by atoms with van der Waals surface area (Å²) in [5.41, 5.74) is 16.7. The van der Waals surface area contributed by atoms with Crippen LogP contribution >= 0.6 is 0 Å². The Morgan fingerprint density at radius 3 is 0.861 bits per heavy atom. The van der Waals surface area contributed by atoms with E-state index in [1.165, 1.54) is 18.2 Å². The Labute approximate surface area is 819 Å². The van der Waals surface area contributed by atoms with Crippen LogP contribution in [0.5, 0.6) is 0 Å². The SMILES string of the molecule is N#Cc1ccc(-c2ccc3c4ccccc4n(-c4cc(C(F)(F)F)cc(-n5c6ccccc6c6ccc(-c7ccc(C#N)c(-c8cc9c%10ccc(-c%11cccc(C#N)c%11)cc%10n(-c%10cc(C(F)(F)F)cc(-n%11c%12cc(-c%13cccc(C#N)c%13)ccc%12c%12ccc(-c%13cccc(C#N)c%13)cc%12%11)c%10-c%10cccc(-c%11ccccc%11)n%10)c9cc8-c8cccc(C#N)c8)c7)cc65)c4-c4cccc(-c5ccccc5)n4)c3c2)cc1. The van der Waals surface area contributed by atoms with Crippen molar-refractivity contribution < 1.29 is 26.3 Å². The van der Waals surface area contributed by atoms with E-state index in [1.807, 2.05) is 309 Å². The number of fused-ring (bicyclic) bond motifs is 12. The number of nitrogens with zero attached hydrogens (tertiary/aromatic N) is 12. The van der Waals surface area contributed by atoms with Crippen LogP contribution in [0.1, 0.15) is 44.5 Å². The Bertz CT molecular complexity index is 9730. The molecule has 144 heavy (non-hydrogen) atoms. The molecular weight excluding hydrogens is 1800 g/mol. The molecule has 0 amide bonds. The van der Waals surface area contributed by atoms with Crippen LogP contribution in [-0.4, -0.2) is 28.2 Å². The van der Waals surface area contributed by atoms with Gasteiger partial charge in [-0.3, -0.25) is 0 Å². The van der Waals surface area contributed by atoms with Gasteiger partial charge in [-0.2, -0.15) is 57.9 Å². The zero-order valence-corrected chi connectivity index (χ0v) is 75.9. The Hall–Kier alpha value is -20.0. The van der Waals surface area contributed by atoms with Gasteiger partial charge in [0.05, 0.1) is 171 Å². The van der Waals surface area contributed by atoms with E-state index in [0.29, 0.717) is 188 Å². The number of rotatable bonds is 15. The van der Waals surface area contributed by atoms with Crippen molar-refractivity contribution in [2.45, 2.75) is 12.4 Å². The number of hydrogen-bond acceptors (Lipinski definition) is 8. The molecule has 0 aliphatic heterocycles. The predicted octanol–water partition coefficient (Wildman–Crippen LogP) is 32.5. The molecule has 6 heterocycles. The molecule has 0 atom stereocenters. The maximum atomic E-state index is 17.4. The normalized spacial score (nSPS) is 11.6. The van der Waals surface area contributed by atoms with Gasteiger partial charge in [0.25, 0.3) is 0 Å². The molecule has 0 radical (unpaired) electrons. The number of nitriles is 6. The van der Waals surface area contributed by atoms with Crippen LogP contribution in [0.4, 0.5) is 26.3 Å². The third-order valence-electron chi connectivity index (χ3n) is 27.4. The van der Waals surface area contributed by atoms with Gasteiger partial charge in [0.1, 0.15) is 0 Å². The van der Waals surface area contributed by atoms with Gasteiger partial charge in [-0.05, 0) is 248 Å². The van der Waals surface area contributed by atoms with Gasteiger partial charge in [0.2, 0.25) is 0 Å². The van der Waals surface area contributed by atoms with Gasteiger partial charge in [-0.1, -0.05) is 237 Å². The summed E-state index contributed by atoms with van der Waals surface area (Å²) >= 11 is 0. The third kappa shape index (κ3) is 14.9. The first-order valence-electron chi connectivity index (χ1n) is 46.3. The first-order chi connectivity index (χ1) is 70.3. The summed E-state index contributed by atoms with van der Waals surface area (Å²) in [5.74, 6) is 0. The summed E-state index contributed by atoms with van der Waals surface area (Å²) in [6.07, 6.45) is -10.0. The van der Waals surface area contributed by atoms with Crippen molar-refractivity contribution in [2.24, 2.45) is 0 Å². The number of para-hydroxylation sites is 2. The summed E-state index contributed by atoms with van der Waals surface area (Å²) in [5, 5.41) is 69.2. The number of pyridine rings is 2. The lowest BCUT2D eigenvalue weighted by molar-refractivity contribution is -0.138. The minimum atomic E-state index is -5.07. The molecule has 0 spiro atoms. The molecule has 0 N–H and O–H groups in total. The maximum Gasteiger partial charge on any atom is 0.416 e. The van der Waals surface area contributed by atoms with Crippen molar-refractivity contribution in [1.29, 1.82) is 31.6 Å². The number of alkyl halides is 6. The van der Waals surface area contributed by atoms with Gasteiger partial charge in [-0.15, -0.1) is 0 Å². The first-order valence-corrected chi connectivity index (χ1v) is 46.3. The van der Waals surface area contributed by atoms with E-state index in [4.69, 9.17) is 9.97 Å². The van der Waals surface area contributed by atoms with E-state index in [1.54, 1.807) is 97.1 Å². The lowest BCUT2D eigenvalue weighted by Crippen LogP contribution is -2.11. The predicted molar refractivity (Wildman–Crippen MR) is 557 cm³/mol. The molecular formula is C126H68F6N12. The van der Waals surface area contributed by atoms with Crippen LogP contribution < -0.4 is 0 Å². The van der Waals surface area contributed by atoms with Gasteiger partial charge >= 0.3 is 12.4 Å². The molecule has 6 aromatic heterocycles. The average molecular weight is 1860 g/mol. The monoisotopic (exact) mass is 1860 g/mol. The number of aromatic nitrogens is 6. The Morgan fingerprint density at radius 2 is 0.479 bits per heavy atom. The topological polar surface area (TPSA) is 188 Å². The summed E-state index contributed by atoms with van der Waals surface area (Å²) < 4.78 is 110. The summed E-state index contributed by atoms with van der Waals surface area (Å²) in [4.78, 5) is 11.0. The number of halogens is 6. The van der Waals surface area contributed by atoms with Crippen LogP contribution in [0.3, 0.4) is 0 Å². The van der Waals surface area contributed by atoms with E-state index in [0.717, 1.165) is 38.9 Å². The van der Waals surface area contributed by atoms with Gasteiger partial charge in [-0.25, -0.2) is 9.97 Å². The van der Waals surface area contributed by atoms with E-state index in [-0.39, 0.29) is 45.1 Å². The fraction of sp³-hybridized carbons (Fsp3) is 0.0159. The molecule has 0 saturated carbocycles. The zero-order valence-electron chi connectivity index (χ0n) is 75.9. The number of benzene rings is 18. The van der Waals surface area contributed by atoms with Crippen molar-refractivity contribution in [2.75, 3.05) is 0 Å². The van der Waals surface area contributed by atoms with E-state index in [2.05, 4.69) is 36.4 Å². The van der Waals surface area contributed by atoms with Crippen LogP contribution in [0.15, 0.2) is 413 Å². The molecule has 24 rings (SSSR count). The Balaban J connectivity index is 0.780. The van der Waals surface area contributed by atoms with Crippen molar-refractivity contribution in [1.82, 2.24) is 28.2 Å². The molecule has 0 unspecified atom stereocenters. The first kappa shape index (κ1) is 86.8. The van der Waals surface area contributed by atoms with Crippen molar-refractivity contribution in [3.63, 3.8) is 0 Å². The standard InChI is InChI=1S/C126H68F6N12/c127-125(128,129)94-63-119(141-111-35-9-7-29-96(111)98-48-43-87(58-113(98)141)80-39-37-75(69-133)38-40-80)123(109-33-15-31-107(139-109)81-21-3-1-4-22-81)120(64-94)142-112-36-10-8-30-97(112)99-49-46-91(62-114(99)142)86-41-42-93(74-138)103(57-86)105-67-106-102-52-47-90(85-27-13-19-78(55-85)72-136)61-117(102)144(118(106)68-104(105)92-28-14-20-79(56-92)73-137)122-66-95(126(130,131)132)65-121(124(122)110-34-16-32-108(140-110)82-23-5-2-6-24-82)143-115-59-88(83-25-11-17-76(53-83)70-134)44-50-100(115)101-51-45-89(60-116(101)143)84-26-12-18-77(54-84)71-135/h1-68H. The molecule has 0 bridgehead atoms. The quantitative estimate of drug-likeness (QED) is 0.0906. The van der Waals surface area contributed by atoms with E-state index >= 15 is 26.3 Å². The molecule has 0 aliphatic rings. The lowest BCUT2D eigenvalue weighted by Gasteiger charge is -2.23. The molecule has 24 aromatic rings. The molecule has 18 heteroatoms. The van der Waals surface area contributed by atoms with Crippen molar-refractivity contribution in [3.05, 3.63) is 457 Å². The van der Waals surface area contributed by atoms with Gasteiger partial charge in [0.15, 0.2) is 0 Å². The summed E-state index contributed by atoms with van der Waals surface area (Å²) in [6.45, 7) is 0. The van der Waals surface area contributed by atoms with Crippen molar-refractivity contribution >= 4 is 87.2 Å². The Morgan fingerprint density at radius 1 is 0.188 bits per heavy atom. The smallest absolute Gasteiger partial charge is 0.308 e. The summed E-state index contributed by atoms with van der Waals surface area (Å²) in [6, 6.07) is 138. The van der Waals surface area contributed by atoms with Crippen LogP contribution in [0.25, 0.3) is 233 Å². The molecule has 674 valence electrons. The average Bonchev–Trinajstić information content (AvgIpc) is 1.51. The van der Waals surface area contributed by atoms with Crippen LogP contribution in [-0.2, 0) is 12.4 Å². The van der Waals surface area contributed by atoms with Gasteiger partial charge in [0, 0.05) is 70.9 Å². The molecule has 0 aliphatic carbocycles. The second-order valence-electron chi connectivity index (χ2n) is 35.6. The minimum absolute atomic E-state index is 0.0232. The molecule has 0 fully saturated rings. The zero-order chi connectivity index (χ0) is 97.9. The highest BCUT2D eigenvalue weighted by Crippen LogP contribution is 2.53. The molecule has 18 aromatic carbocycles. The van der Waals surface area contributed by atoms with E-state index in [9.17, 15) is 31.6 Å². The highest BCUT2D eigenvalue weighted by atomic mass is 19.4. The summed E-state index contributed by atoms with van der Waals surface area (Å²) in [7, 11) is 0. The highest BCUT2D eigenvalue weighted by molar-refractivity contribution is 6.18. The van der Waals surface area contributed by atoms with Crippen LogP contribution in [0.2, 0.25) is 0 Å². The lowest BCUT2D eigenvalue weighted by atomic mass is 9.88. The highest BCUT2D eigenvalue weighted by Gasteiger charge is 2.38. The largest absolute Gasteiger partial charge is 0.416 e. The molecule has 12 nitrogen and oxygen atoms in total. The Kier molecular flexibility index (Phi) is 20.9. The second-order valence-corrected chi connectivity index (χ2v) is 35.6. The second kappa shape index (κ2) is 34.6. The van der Waals surface area contributed by atoms with Gasteiger partial charge < -0.3 is 18.3 Å². The van der Waals surface area contributed by atoms with Crippen LogP contribution in [0, 0.1) is 68.0 Å². The fourth-order valence-electron chi connectivity index (χ4n) is 20.7. The minimum Gasteiger partial charge on any atom is -0.308 e. The van der Waals surface area contributed by atoms with E-state index < -0.39 is 23.5 Å². The number of hydrogen-bond donors (Lipinski definition) is 0. The molecule has 0 saturated heterocycles. The fourth-order valence-corrected chi connectivity index (χ4v) is 20.7. The van der Waals surface area contributed by atoms with Crippen molar-refractivity contribution in [3.8, 4) is 182 Å². The maximum absolute atomic E-state index is 17.4. The third-order valence-corrected chi connectivity index (χ3v) is 27.4.